The Morgan fingerprint density at radius 2 is 2.00 bits per heavy atom. The number of likely N-dealkylation sites (N-methyl/N-ethyl adjacent to an activating group) is 1. The fourth-order valence-electron chi connectivity index (χ4n) is 2.08. The largest absolute Gasteiger partial charge is 0.491 e. The highest BCUT2D eigenvalue weighted by Gasteiger charge is 2.25. The molecule has 0 radical (unpaired) electrons. The number of ether oxygens (including phenoxy) is 2. The fraction of sp³-hybridized carbons (Fsp3) is 0.571. The van der Waals surface area contributed by atoms with Crippen LogP contribution in [0.4, 0.5) is 4.39 Å². The summed E-state index contributed by atoms with van der Waals surface area (Å²) in [7, 11) is 0. The Morgan fingerprint density at radius 1 is 1.28 bits per heavy atom. The van der Waals surface area contributed by atoms with Gasteiger partial charge in [0.15, 0.2) is 0 Å². The normalized spacial score (nSPS) is 23.2. The second-order valence-electron chi connectivity index (χ2n) is 4.53. The molecule has 3 nitrogen and oxygen atoms in total. The molecule has 1 aliphatic rings. The van der Waals surface area contributed by atoms with Gasteiger partial charge in [-0.1, -0.05) is 6.92 Å². The van der Waals surface area contributed by atoms with E-state index >= 15 is 0 Å². The third kappa shape index (κ3) is 3.96. The SMILES string of the molecule is CCNCC1CCC(COc2ccc(F)cc2)O1. The third-order valence-electron chi connectivity index (χ3n) is 3.07. The van der Waals surface area contributed by atoms with Gasteiger partial charge in [-0.25, -0.2) is 4.39 Å². The molecule has 0 spiro atoms. The van der Waals surface area contributed by atoms with Gasteiger partial charge in [-0.3, -0.25) is 0 Å². The van der Waals surface area contributed by atoms with Crippen molar-refractivity contribution >= 4 is 0 Å². The minimum Gasteiger partial charge on any atom is -0.491 e. The highest BCUT2D eigenvalue weighted by Crippen LogP contribution is 2.20. The van der Waals surface area contributed by atoms with Crippen LogP contribution < -0.4 is 10.1 Å². The fourth-order valence-corrected chi connectivity index (χ4v) is 2.08. The zero-order valence-electron chi connectivity index (χ0n) is 10.7. The quantitative estimate of drug-likeness (QED) is 0.844. The monoisotopic (exact) mass is 253 g/mol. The van der Waals surface area contributed by atoms with E-state index in [2.05, 4.69) is 12.2 Å². The zero-order valence-corrected chi connectivity index (χ0v) is 10.7. The average Bonchev–Trinajstić information content (AvgIpc) is 2.84. The number of hydrogen-bond donors (Lipinski definition) is 1. The van der Waals surface area contributed by atoms with Crippen LogP contribution >= 0.6 is 0 Å². The summed E-state index contributed by atoms with van der Waals surface area (Å²) in [6.07, 6.45) is 2.55. The van der Waals surface area contributed by atoms with E-state index in [1.807, 2.05) is 0 Å². The molecule has 2 rings (SSSR count). The van der Waals surface area contributed by atoms with E-state index in [4.69, 9.17) is 9.47 Å². The molecule has 0 bridgehead atoms. The zero-order chi connectivity index (χ0) is 12.8. The lowest BCUT2D eigenvalue weighted by atomic mass is 10.2. The molecule has 2 unspecified atom stereocenters. The van der Waals surface area contributed by atoms with Gasteiger partial charge in [-0.05, 0) is 43.7 Å². The first kappa shape index (κ1) is 13.3. The van der Waals surface area contributed by atoms with Crippen molar-refractivity contribution in [2.24, 2.45) is 0 Å². The molecular weight excluding hydrogens is 233 g/mol. The van der Waals surface area contributed by atoms with Crippen molar-refractivity contribution in [3.8, 4) is 5.75 Å². The van der Waals surface area contributed by atoms with Crippen LogP contribution in [0, 0.1) is 5.82 Å². The number of rotatable bonds is 6. The maximum absolute atomic E-state index is 12.7. The van der Waals surface area contributed by atoms with Crippen molar-refractivity contribution in [2.45, 2.75) is 32.0 Å². The van der Waals surface area contributed by atoms with Crippen molar-refractivity contribution in [1.29, 1.82) is 0 Å². The topological polar surface area (TPSA) is 30.5 Å². The molecule has 1 fully saturated rings. The highest BCUT2D eigenvalue weighted by molar-refractivity contribution is 5.22. The Labute approximate surface area is 107 Å². The first-order chi connectivity index (χ1) is 8.78. The molecule has 1 saturated heterocycles. The molecular formula is C14H20FNO2. The standard InChI is InChI=1S/C14H20FNO2/c1-2-16-9-13-7-8-14(18-13)10-17-12-5-3-11(15)4-6-12/h3-6,13-14,16H,2,7-10H2,1H3. The molecule has 1 aromatic carbocycles. The van der Waals surface area contributed by atoms with Crippen LogP contribution in [-0.2, 0) is 4.74 Å². The molecule has 0 saturated carbocycles. The summed E-state index contributed by atoms with van der Waals surface area (Å²) in [5, 5.41) is 3.28. The van der Waals surface area contributed by atoms with Crippen LogP contribution in [0.3, 0.4) is 0 Å². The van der Waals surface area contributed by atoms with Gasteiger partial charge in [0.2, 0.25) is 0 Å². The predicted molar refractivity (Wildman–Crippen MR) is 68.3 cm³/mol. The molecule has 0 amide bonds. The van der Waals surface area contributed by atoms with Gasteiger partial charge in [0, 0.05) is 6.54 Å². The van der Waals surface area contributed by atoms with Crippen LogP contribution in [0.5, 0.6) is 5.75 Å². The Bertz CT molecular complexity index is 355. The maximum Gasteiger partial charge on any atom is 0.123 e. The molecule has 18 heavy (non-hydrogen) atoms. The van der Waals surface area contributed by atoms with Gasteiger partial charge in [0.25, 0.3) is 0 Å². The predicted octanol–water partition coefficient (Wildman–Crippen LogP) is 2.36. The lowest BCUT2D eigenvalue weighted by Crippen LogP contribution is -2.28. The van der Waals surface area contributed by atoms with E-state index in [0.717, 1.165) is 25.9 Å². The lowest BCUT2D eigenvalue weighted by Gasteiger charge is -2.14. The van der Waals surface area contributed by atoms with Crippen LogP contribution in [0.25, 0.3) is 0 Å². The van der Waals surface area contributed by atoms with Gasteiger partial charge < -0.3 is 14.8 Å². The first-order valence-corrected chi connectivity index (χ1v) is 6.52. The van der Waals surface area contributed by atoms with Crippen molar-refractivity contribution in [2.75, 3.05) is 19.7 Å². The molecule has 0 aliphatic carbocycles. The van der Waals surface area contributed by atoms with Crippen molar-refractivity contribution in [3.63, 3.8) is 0 Å². The third-order valence-corrected chi connectivity index (χ3v) is 3.07. The molecule has 1 heterocycles. The lowest BCUT2D eigenvalue weighted by molar-refractivity contribution is 0.0188. The second-order valence-corrected chi connectivity index (χ2v) is 4.53. The van der Waals surface area contributed by atoms with Crippen LogP contribution in [0.15, 0.2) is 24.3 Å². The maximum atomic E-state index is 12.7. The minimum atomic E-state index is -0.245. The average molecular weight is 253 g/mol. The van der Waals surface area contributed by atoms with E-state index in [-0.39, 0.29) is 11.9 Å². The Hall–Kier alpha value is -1.13. The van der Waals surface area contributed by atoms with E-state index in [1.165, 1.54) is 12.1 Å². The van der Waals surface area contributed by atoms with E-state index in [9.17, 15) is 4.39 Å². The second kappa shape index (κ2) is 6.71. The van der Waals surface area contributed by atoms with Gasteiger partial charge in [0.1, 0.15) is 18.2 Å². The molecule has 1 N–H and O–H groups in total. The number of hydrogen-bond acceptors (Lipinski definition) is 3. The minimum absolute atomic E-state index is 0.152. The number of benzene rings is 1. The smallest absolute Gasteiger partial charge is 0.123 e. The molecule has 1 aliphatic heterocycles. The van der Waals surface area contributed by atoms with E-state index in [1.54, 1.807) is 12.1 Å². The number of halogens is 1. The Balaban J connectivity index is 1.70. The summed E-state index contributed by atoms with van der Waals surface area (Å²) in [5.74, 6) is 0.445. The summed E-state index contributed by atoms with van der Waals surface area (Å²) in [6, 6.07) is 6.08. The highest BCUT2D eigenvalue weighted by atomic mass is 19.1. The molecule has 4 heteroatoms. The number of nitrogens with one attached hydrogen (secondary N) is 1. The Morgan fingerprint density at radius 3 is 2.72 bits per heavy atom. The molecule has 2 atom stereocenters. The van der Waals surface area contributed by atoms with Crippen LogP contribution in [-0.4, -0.2) is 31.9 Å². The van der Waals surface area contributed by atoms with E-state index in [0.29, 0.717) is 18.5 Å². The van der Waals surface area contributed by atoms with Gasteiger partial charge in [-0.2, -0.15) is 0 Å². The van der Waals surface area contributed by atoms with Gasteiger partial charge in [0.05, 0.1) is 12.2 Å². The molecule has 1 aromatic rings. The summed E-state index contributed by atoms with van der Waals surface area (Å²) >= 11 is 0. The molecule has 100 valence electrons. The summed E-state index contributed by atoms with van der Waals surface area (Å²) < 4.78 is 24.1. The van der Waals surface area contributed by atoms with Crippen LogP contribution in [0.1, 0.15) is 19.8 Å². The summed E-state index contributed by atoms with van der Waals surface area (Å²) in [4.78, 5) is 0. The van der Waals surface area contributed by atoms with Gasteiger partial charge in [-0.15, -0.1) is 0 Å². The van der Waals surface area contributed by atoms with Crippen LogP contribution in [0.2, 0.25) is 0 Å². The first-order valence-electron chi connectivity index (χ1n) is 6.52. The summed E-state index contributed by atoms with van der Waals surface area (Å²) in [6.45, 7) is 4.50. The molecule has 0 aromatic heterocycles. The Kier molecular flexibility index (Phi) is 4.96. The summed E-state index contributed by atoms with van der Waals surface area (Å²) in [5.41, 5.74) is 0. The van der Waals surface area contributed by atoms with E-state index < -0.39 is 0 Å². The van der Waals surface area contributed by atoms with Gasteiger partial charge >= 0.3 is 0 Å². The van der Waals surface area contributed by atoms with Crippen molar-refractivity contribution < 1.29 is 13.9 Å². The van der Waals surface area contributed by atoms with Crippen molar-refractivity contribution in [1.82, 2.24) is 5.32 Å². The van der Waals surface area contributed by atoms with Crippen molar-refractivity contribution in [3.05, 3.63) is 30.1 Å².